The predicted molar refractivity (Wildman–Crippen MR) is 113 cm³/mol. The number of nitro groups is 1. The van der Waals surface area contributed by atoms with Gasteiger partial charge in [0.1, 0.15) is 5.82 Å². The number of urea groups is 1. The number of hydrogen-bond acceptors (Lipinski definition) is 4. The molecule has 0 atom stereocenters. The van der Waals surface area contributed by atoms with Gasteiger partial charge < -0.3 is 10.6 Å². The van der Waals surface area contributed by atoms with Crippen LogP contribution in [0.4, 0.5) is 26.2 Å². The number of amides is 3. The standard InChI is InChI=1S/C21H25FN4O4/c1-21(2,3)14-19(27)23-12-13-25(17-8-4-15(22)5-9-17)20(28)24-16-6-10-18(11-7-16)26(29)30/h4-11H,12-14H2,1-3H3,(H,23,27)(H,24,28). The number of rotatable bonds is 7. The maximum absolute atomic E-state index is 13.3. The summed E-state index contributed by atoms with van der Waals surface area (Å²) in [5.41, 5.74) is 0.564. The Labute approximate surface area is 174 Å². The molecule has 8 nitrogen and oxygen atoms in total. The van der Waals surface area contributed by atoms with Crippen molar-refractivity contribution in [3.63, 3.8) is 0 Å². The van der Waals surface area contributed by atoms with Gasteiger partial charge in [-0.15, -0.1) is 0 Å². The normalized spacial score (nSPS) is 10.9. The number of halogens is 1. The van der Waals surface area contributed by atoms with Gasteiger partial charge in [0.25, 0.3) is 5.69 Å². The Kier molecular flexibility index (Phi) is 7.46. The summed E-state index contributed by atoms with van der Waals surface area (Å²) < 4.78 is 13.3. The lowest BCUT2D eigenvalue weighted by atomic mass is 9.92. The van der Waals surface area contributed by atoms with Crippen LogP contribution in [0.15, 0.2) is 48.5 Å². The van der Waals surface area contributed by atoms with Crippen molar-refractivity contribution in [3.8, 4) is 0 Å². The van der Waals surface area contributed by atoms with Crippen molar-refractivity contribution in [3.05, 3.63) is 64.5 Å². The summed E-state index contributed by atoms with van der Waals surface area (Å²) in [6, 6.07) is 10.3. The van der Waals surface area contributed by atoms with E-state index in [9.17, 15) is 24.1 Å². The molecule has 2 aromatic rings. The van der Waals surface area contributed by atoms with Crippen LogP contribution in [0.1, 0.15) is 27.2 Å². The van der Waals surface area contributed by atoms with Gasteiger partial charge in [-0.3, -0.25) is 19.8 Å². The Hall–Kier alpha value is -3.49. The molecule has 0 aliphatic heterocycles. The van der Waals surface area contributed by atoms with E-state index in [1.807, 2.05) is 20.8 Å². The Morgan fingerprint density at radius 3 is 2.20 bits per heavy atom. The van der Waals surface area contributed by atoms with Crippen LogP contribution in [0, 0.1) is 21.3 Å². The summed E-state index contributed by atoms with van der Waals surface area (Å²) >= 11 is 0. The van der Waals surface area contributed by atoms with Crippen molar-refractivity contribution in [2.45, 2.75) is 27.2 Å². The van der Waals surface area contributed by atoms with Gasteiger partial charge >= 0.3 is 6.03 Å². The summed E-state index contributed by atoms with van der Waals surface area (Å²) in [5.74, 6) is -0.565. The van der Waals surface area contributed by atoms with E-state index in [4.69, 9.17) is 0 Å². The fourth-order valence-electron chi connectivity index (χ4n) is 2.68. The molecule has 2 rings (SSSR count). The first-order chi connectivity index (χ1) is 14.0. The summed E-state index contributed by atoms with van der Waals surface area (Å²) in [6.07, 6.45) is 0.346. The minimum absolute atomic E-state index is 0.0926. The average molecular weight is 416 g/mol. The minimum Gasteiger partial charge on any atom is -0.354 e. The first kappa shape index (κ1) is 22.8. The molecule has 160 valence electrons. The third kappa shape index (κ3) is 7.16. The van der Waals surface area contributed by atoms with Crippen molar-refractivity contribution >= 4 is 29.0 Å². The highest BCUT2D eigenvalue weighted by atomic mass is 19.1. The number of benzene rings is 2. The zero-order valence-corrected chi connectivity index (χ0v) is 17.1. The van der Waals surface area contributed by atoms with Crippen molar-refractivity contribution < 1.29 is 18.9 Å². The van der Waals surface area contributed by atoms with Gasteiger partial charge in [0.15, 0.2) is 0 Å². The average Bonchev–Trinajstić information content (AvgIpc) is 2.65. The van der Waals surface area contributed by atoms with E-state index < -0.39 is 16.8 Å². The lowest BCUT2D eigenvalue weighted by Crippen LogP contribution is -2.41. The molecular formula is C21H25FN4O4. The van der Waals surface area contributed by atoms with Crippen LogP contribution < -0.4 is 15.5 Å². The molecule has 0 unspecified atom stereocenters. The number of anilines is 2. The highest BCUT2D eigenvalue weighted by Crippen LogP contribution is 2.20. The van der Waals surface area contributed by atoms with Gasteiger partial charge in [-0.1, -0.05) is 20.8 Å². The number of nitrogens with one attached hydrogen (secondary N) is 2. The molecule has 0 bridgehead atoms. The monoisotopic (exact) mass is 416 g/mol. The molecule has 0 heterocycles. The third-order valence-electron chi connectivity index (χ3n) is 4.06. The second-order valence-electron chi connectivity index (χ2n) is 7.95. The lowest BCUT2D eigenvalue weighted by Gasteiger charge is -2.24. The van der Waals surface area contributed by atoms with Gasteiger partial charge in [0.05, 0.1) is 4.92 Å². The molecule has 9 heteroatoms. The second kappa shape index (κ2) is 9.82. The summed E-state index contributed by atoms with van der Waals surface area (Å²) in [6.45, 7) is 6.22. The molecule has 0 saturated heterocycles. The SMILES string of the molecule is CC(C)(C)CC(=O)NCCN(C(=O)Nc1ccc([N+](=O)[O-])cc1)c1ccc(F)cc1. The fourth-order valence-corrected chi connectivity index (χ4v) is 2.68. The highest BCUT2D eigenvalue weighted by molar-refractivity contribution is 6.01. The van der Waals surface area contributed by atoms with Crippen molar-refractivity contribution in [2.24, 2.45) is 5.41 Å². The molecule has 0 fully saturated rings. The predicted octanol–water partition coefficient (Wildman–Crippen LogP) is 4.32. The largest absolute Gasteiger partial charge is 0.354 e. The van der Waals surface area contributed by atoms with Crippen LogP contribution in [-0.4, -0.2) is 30.0 Å². The number of hydrogen-bond donors (Lipinski definition) is 2. The Morgan fingerprint density at radius 2 is 1.67 bits per heavy atom. The van der Waals surface area contributed by atoms with Gasteiger partial charge in [0, 0.05) is 43.0 Å². The number of nitro benzene ring substituents is 1. The first-order valence-corrected chi connectivity index (χ1v) is 9.40. The molecule has 30 heavy (non-hydrogen) atoms. The van der Waals surface area contributed by atoms with E-state index in [1.54, 1.807) is 0 Å². The van der Waals surface area contributed by atoms with Gasteiger partial charge in [-0.25, -0.2) is 9.18 Å². The Bertz CT molecular complexity index is 893. The maximum Gasteiger partial charge on any atom is 0.326 e. The Balaban J connectivity index is 2.08. The zero-order chi connectivity index (χ0) is 22.3. The smallest absolute Gasteiger partial charge is 0.326 e. The van der Waals surface area contributed by atoms with Gasteiger partial charge in [-0.2, -0.15) is 0 Å². The molecule has 0 saturated carbocycles. The van der Waals surface area contributed by atoms with E-state index in [1.165, 1.54) is 53.4 Å². The topological polar surface area (TPSA) is 105 Å². The fraction of sp³-hybridized carbons (Fsp3) is 0.333. The molecule has 0 spiro atoms. The van der Waals surface area contributed by atoms with E-state index >= 15 is 0 Å². The van der Waals surface area contributed by atoms with E-state index in [-0.39, 0.29) is 30.1 Å². The van der Waals surface area contributed by atoms with E-state index in [0.717, 1.165) is 0 Å². The maximum atomic E-state index is 13.3. The molecule has 0 aliphatic carbocycles. The van der Waals surface area contributed by atoms with E-state index in [0.29, 0.717) is 17.8 Å². The van der Waals surface area contributed by atoms with Crippen molar-refractivity contribution in [2.75, 3.05) is 23.3 Å². The first-order valence-electron chi connectivity index (χ1n) is 9.40. The lowest BCUT2D eigenvalue weighted by molar-refractivity contribution is -0.384. The minimum atomic E-state index is -0.531. The zero-order valence-electron chi connectivity index (χ0n) is 17.1. The molecule has 0 radical (unpaired) electrons. The van der Waals surface area contributed by atoms with Crippen LogP contribution in [-0.2, 0) is 4.79 Å². The second-order valence-corrected chi connectivity index (χ2v) is 7.95. The van der Waals surface area contributed by atoms with Crippen molar-refractivity contribution in [1.82, 2.24) is 5.32 Å². The summed E-state index contributed by atoms with van der Waals surface area (Å²) in [5, 5.41) is 16.2. The summed E-state index contributed by atoms with van der Waals surface area (Å²) in [7, 11) is 0. The van der Waals surface area contributed by atoms with Crippen LogP contribution >= 0.6 is 0 Å². The molecule has 2 aromatic carbocycles. The van der Waals surface area contributed by atoms with E-state index in [2.05, 4.69) is 10.6 Å². The Morgan fingerprint density at radius 1 is 1.07 bits per heavy atom. The molecular weight excluding hydrogens is 391 g/mol. The van der Waals surface area contributed by atoms with Crippen molar-refractivity contribution in [1.29, 1.82) is 0 Å². The third-order valence-corrected chi connectivity index (χ3v) is 4.06. The van der Waals surface area contributed by atoms with Crippen LogP contribution in [0.2, 0.25) is 0 Å². The van der Waals surface area contributed by atoms with Gasteiger partial charge in [0.2, 0.25) is 5.91 Å². The number of carbonyl (C=O) groups is 2. The molecule has 0 aromatic heterocycles. The highest BCUT2D eigenvalue weighted by Gasteiger charge is 2.19. The quantitative estimate of drug-likeness (QED) is 0.518. The molecule has 0 aliphatic rings. The molecule has 2 N–H and O–H groups in total. The number of carbonyl (C=O) groups excluding carboxylic acids is 2. The van der Waals surface area contributed by atoms with Crippen LogP contribution in [0.5, 0.6) is 0 Å². The summed E-state index contributed by atoms with van der Waals surface area (Å²) in [4.78, 5) is 36.4. The number of non-ortho nitro benzene ring substituents is 1. The molecule has 3 amide bonds. The van der Waals surface area contributed by atoms with Gasteiger partial charge in [-0.05, 0) is 41.8 Å². The van der Waals surface area contributed by atoms with Crippen LogP contribution in [0.25, 0.3) is 0 Å². The number of nitrogens with zero attached hydrogens (tertiary/aromatic N) is 2. The van der Waals surface area contributed by atoms with Crippen LogP contribution in [0.3, 0.4) is 0 Å².